The number of alkyl halides is 3. The van der Waals surface area contributed by atoms with Crippen LogP contribution in [0.5, 0.6) is 0 Å². The summed E-state index contributed by atoms with van der Waals surface area (Å²) in [7, 11) is 0. The van der Waals surface area contributed by atoms with Crippen LogP contribution >= 0.6 is 11.6 Å². The summed E-state index contributed by atoms with van der Waals surface area (Å²) in [6, 6.07) is 2.14. The Morgan fingerprint density at radius 1 is 1.31 bits per heavy atom. The molecule has 84 valence electrons. The van der Waals surface area contributed by atoms with Gasteiger partial charge in [0, 0.05) is 18.3 Å². The van der Waals surface area contributed by atoms with Gasteiger partial charge in [-0.1, -0.05) is 11.6 Å². The largest absolute Gasteiger partial charge is 0.435 e. The molecule has 0 aliphatic heterocycles. The lowest BCUT2D eigenvalue weighted by atomic mass is 10.4. The quantitative estimate of drug-likeness (QED) is 0.778. The second kappa shape index (κ2) is 3.75. The minimum atomic E-state index is -4.53. The molecule has 0 spiro atoms. The molecule has 4 nitrogen and oxygen atoms in total. The fraction of sp³-hybridized carbons (Fsp3) is 0.125. The maximum absolute atomic E-state index is 12.3. The van der Waals surface area contributed by atoms with Crippen LogP contribution in [0.3, 0.4) is 0 Å². The zero-order chi connectivity index (χ0) is 11.8. The van der Waals surface area contributed by atoms with E-state index in [4.69, 9.17) is 11.6 Å². The van der Waals surface area contributed by atoms with Gasteiger partial charge in [-0.15, -0.1) is 0 Å². The Kier molecular flexibility index (Phi) is 2.55. The van der Waals surface area contributed by atoms with Gasteiger partial charge in [0.2, 0.25) is 0 Å². The fourth-order valence-electron chi connectivity index (χ4n) is 1.07. The van der Waals surface area contributed by atoms with Crippen molar-refractivity contribution in [3.8, 4) is 5.82 Å². The third-order valence-corrected chi connectivity index (χ3v) is 2.01. The molecule has 0 saturated heterocycles. The van der Waals surface area contributed by atoms with E-state index in [2.05, 4.69) is 15.1 Å². The second-order valence-corrected chi connectivity index (χ2v) is 3.22. The molecule has 0 amide bonds. The Morgan fingerprint density at radius 2 is 2.06 bits per heavy atom. The summed E-state index contributed by atoms with van der Waals surface area (Å²) in [5.41, 5.74) is -1.06. The van der Waals surface area contributed by atoms with Crippen LogP contribution in [0, 0.1) is 0 Å². The van der Waals surface area contributed by atoms with E-state index in [1.165, 1.54) is 18.6 Å². The smallest absolute Gasteiger partial charge is 0.245 e. The van der Waals surface area contributed by atoms with E-state index in [1.807, 2.05) is 0 Å². The van der Waals surface area contributed by atoms with Gasteiger partial charge in [0.15, 0.2) is 11.5 Å². The normalized spacial score (nSPS) is 11.8. The molecule has 0 unspecified atom stereocenters. The van der Waals surface area contributed by atoms with Gasteiger partial charge in [-0.3, -0.25) is 0 Å². The van der Waals surface area contributed by atoms with Crippen LogP contribution < -0.4 is 0 Å². The van der Waals surface area contributed by atoms with Crippen molar-refractivity contribution in [2.75, 3.05) is 0 Å². The number of nitrogens with zero attached hydrogens (tertiary/aromatic N) is 4. The van der Waals surface area contributed by atoms with Crippen LogP contribution in [0.4, 0.5) is 13.2 Å². The second-order valence-electron chi connectivity index (χ2n) is 2.83. The lowest BCUT2D eigenvalue weighted by molar-refractivity contribution is -0.141. The summed E-state index contributed by atoms with van der Waals surface area (Å²) in [6.45, 7) is 0. The van der Waals surface area contributed by atoms with Gasteiger partial charge in [0.25, 0.3) is 0 Å². The standard InChI is InChI=1S/C8H4ClF3N4/c9-6-3-5(8(10,11)12)15-16(6)7-1-2-13-4-14-7/h1-4H. The highest BCUT2D eigenvalue weighted by Gasteiger charge is 2.35. The molecule has 0 bridgehead atoms. The number of hydrogen-bond acceptors (Lipinski definition) is 3. The summed E-state index contributed by atoms with van der Waals surface area (Å²) < 4.78 is 37.9. The van der Waals surface area contributed by atoms with Crippen molar-refractivity contribution in [2.45, 2.75) is 6.18 Å². The molecule has 0 aromatic carbocycles. The van der Waals surface area contributed by atoms with Crippen molar-refractivity contribution < 1.29 is 13.2 Å². The first-order chi connectivity index (χ1) is 7.48. The van der Waals surface area contributed by atoms with Gasteiger partial charge >= 0.3 is 6.18 Å². The van der Waals surface area contributed by atoms with Crippen LogP contribution in [-0.4, -0.2) is 19.7 Å². The molecule has 2 heterocycles. The molecule has 2 aromatic rings. The maximum atomic E-state index is 12.3. The van der Waals surface area contributed by atoms with Crippen molar-refractivity contribution in [1.29, 1.82) is 0 Å². The average molecular weight is 249 g/mol. The summed E-state index contributed by atoms with van der Waals surface area (Å²) in [5, 5.41) is 3.16. The van der Waals surface area contributed by atoms with Crippen LogP contribution in [0.1, 0.15) is 5.69 Å². The Labute approximate surface area is 92.7 Å². The van der Waals surface area contributed by atoms with Gasteiger partial charge < -0.3 is 0 Å². The molecule has 0 atom stereocenters. The first-order valence-corrected chi connectivity index (χ1v) is 4.45. The molecule has 2 aromatic heterocycles. The molecule has 8 heteroatoms. The highest BCUT2D eigenvalue weighted by molar-refractivity contribution is 6.29. The SMILES string of the molecule is FC(F)(F)c1cc(Cl)n(-c2ccncn2)n1. The molecule has 2 rings (SSSR count). The molecular weight excluding hydrogens is 245 g/mol. The van der Waals surface area contributed by atoms with E-state index < -0.39 is 11.9 Å². The van der Waals surface area contributed by atoms with Gasteiger partial charge in [-0.2, -0.15) is 18.3 Å². The highest BCUT2D eigenvalue weighted by atomic mass is 35.5. The number of rotatable bonds is 1. The summed E-state index contributed by atoms with van der Waals surface area (Å²) in [4.78, 5) is 7.38. The summed E-state index contributed by atoms with van der Waals surface area (Å²) >= 11 is 5.63. The molecule has 0 aliphatic carbocycles. The monoisotopic (exact) mass is 248 g/mol. The number of aromatic nitrogens is 4. The van der Waals surface area contributed by atoms with Crippen molar-refractivity contribution in [3.63, 3.8) is 0 Å². The third kappa shape index (κ3) is 1.99. The van der Waals surface area contributed by atoms with Crippen LogP contribution in [0.15, 0.2) is 24.7 Å². The predicted molar refractivity (Wildman–Crippen MR) is 49.2 cm³/mol. The first-order valence-electron chi connectivity index (χ1n) is 4.07. The third-order valence-electron chi connectivity index (χ3n) is 1.74. The van der Waals surface area contributed by atoms with Gasteiger partial charge in [0.05, 0.1) is 0 Å². The van der Waals surface area contributed by atoms with E-state index in [0.29, 0.717) is 0 Å². The van der Waals surface area contributed by atoms with Gasteiger partial charge in [-0.25, -0.2) is 14.6 Å². The predicted octanol–water partition coefficient (Wildman–Crippen LogP) is 2.33. The molecule has 0 N–H and O–H groups in total. The summed E-state index contributed by atoms with van der Waals surface area (Å²) in [6.07, 6.45) is -1.95. The van der Waals surface area contributed by atoms with E-state index in [1.54, 1.807) is 0 Å². The molecule has 0 aliphatic rings. The van der Waals surface area contributed by atoms with E-state index in [0.717, 1.165) is 10.7 Å². The Balaban J connectivity index is 2.48. The van der Waals surface area contributed by atoms with E-state index in [-0.39, 0.29) is 11.0 Å². The molecule has 16 heavy (non-hydrogen) atoms. The minimum absolute atomic E-state index is 0.161. The van der Waals surface area contributed by atoms with E-state index in [9.17, 15) is 13.2 Å². The number of halogens is 4. The van der Waals surface area contributed by atoms with Crippen molar-refractivity contribution in [1.82, 2.24) is 19.7 Å². The zero-order valence-corrected chi connectivity index (χ0v) is 8.37. The van der Waals surface area contributed by atoms with Crippen molar-refractivity contribution in [3.05, 3.63) is 35.5 Å². The maximum Gasteiger partial charge on any atom is 0.435 e. The average Bonchev–Trinajstić information content (AvgIpc) is 2.61. The highest BCUT2D eigenvalue weighted by Crippen LogP contribution is 2.30. The van der Waals surface area contributed by atoms with Crippen LogP contribution in [-0.2, 0) is 6.18 Å². The summed E-state index contributed by atoms with van der Waals surface area (Å²) in [5.74, 6) is 0.176. The lowest BCUT2D eigenvalue weighted by Gasteiger charge is -2.01. The minimum Gasteiger partial charge on any atom is -0.245 e. The van der Waals surface area contributed by atoms with Crippen LogP contribution in [0.25, 0.3) is 5.82 Å². The van der Waals surface area contributed by atoms with Gasteiger partial charge in [-0.05, 0) is 0 Å². The van der Waals surface area contributed by atoms with E-state index >= 15 is 0 Å². The Hall–Kier alpha value is -1.63. The first kappa shape index (κ1) is 10.9. The Bertz CT molecular complexity index is 494. The molecule has 0 fully saturated rings. The Morgan fingerprint density at radius 3 is 2.56 bits per heavy atom. The number of hydrogen-bond donors (Lipinski definition) is 0. The molecule has 0 saturated carbocycles. The van der Waals surface area contributed by atoms with Gasteiger partial charge in [0.1, 0.15) is 11.5 Å². The van der Waals surface area contributed by atoms with Crippen molar-refractivity contribution in [2.24, 2.45) is 0 Å². The zero-order valence-electron chi connectivity index (χ0n) is 7.61. The van der Waals surface area contributed by atoms with Crippen molar-refractivity contribution >= 4 is 11.6 Å². The fourth-order valence-corrected chi connectivity index (χ4v) is 1.29. The lowest BCUT2D eigenvalue weighted by Crippen LogP contribution is -2.07. The molecular formula is C8H4ClF3N4. The molecule has 0 radical (unpaired) electrons. The topological polar surface area (TPSA) is 43.6 Å². The van der Waals surface area contributed by atoms with Crippen LogP contribution in [0.2, 0.25) is 5.15 Å².